The molecule has 4 nitrogen and oxygen atoms in total. The van der Waals surface area contributed by atoms with Crippen molar-refractivity contribution in [2.24, 2.45) is 5.92 Å². The molecule has 0 saturated carbocycles. The average Bonchev–Trinajstić information content (AvgIpc) is 2.37. The number of hydrogen-bond donors (Lipinski definition) is 2. The molecule has 0 aromatic heterocycles. The number of carboxylic acids is 2. The maximum absolute atomic E-state index is 10.8. The summed E-state index contributed by atoms with van der Waals surface area (Å²) in [5.74, 6) is -3.92. The van der Waals surface area contributed by atoms with Crippen molar-refractivity contribution in [3.8, 4) is 0 Å². The van der Waals surface area contributed by atoms with E-state index in [0.717, 1.165) is 31.3 Å². The third kappa shape index (κ3) is 9.97. The van der Waals surface area contributed by atoms with Crippen LogP contribution in [0.2, 0.25) is 0 Å². The van der Waals surface area contributed by atoms with Crippen LogP contribution >= 0.6 is 0 Å². The molecule has 0 radical (unpaired) electrons. The topological polar surface area (TPSA) is 74.6 Å². The lowest BCUT2D eigenvalue weighted by Crippen LogP contribution is -2.22. The second-order valence-electron chi connectivity index (χ2n) is 5.92. The molecule has 4 heteroatoms. The van der Waals surface area contributed by atoms with Crippen molar-refractivity contribution in [2.75, 3.05) is 0 Å². The zero-order chi connectivity index (χ0) is 17.1. The Morgan fingerprint density at radius 1 is 0.818 bits per heavy atom. The van der Waals surface area contributed by atoms with Crippen molar-refractivity contribution in [1.29, 1.82) is 0 Å². The van der Waals surface area contributed by atoms with Gasteiger partial charge in [0.25, 0.3) is 0 Å². The lowest BCUT2D eigenvalue weighted by atomic mass is 10.0. The van der Waals surface area contributed by atoms with Gasteiger partial charge in [-0.2, -0.15) is 0 Å². The molecule has 0 unspecified atom stereocenters. The largest absolute Gasteiger partial charge is 0.481 e. The monoisotopic (exact) mass is 308 g/mol. The van der Waals surface area contributed by atoms with Crippen molar-refractivity contribution < 1.29 is 19.8 Å². The number of allylic oxidation sites excluding steroid dienone is 6. The highest BCUT2D eigenvalue weighted by Gasteiger charge is 2.23. The van der Waals surface area contributed by atoms with Crippen LogP contribution in [0, 0.1) is 5.92 Å². The van der Waals surface area contributed by atoms with Gasteiger partial charge in [0.05, 0.1) is 0 Å². The van der Waals surface area contributed by atoms with E-state index >= 15 is 0 Å². The fourth-order valence-electron chi connectivity index (χ4n) is 1.97. The summed E-state index contributed by atoms with van der Waals surface area (Å²) in [7, 11) is 0. The fourth-order valence-corrected chi connectivity index (χ4v) is 1.97. The van der Waals surface area contributed by atoms with Gasteiger partial charge in [0, 0.05) is 0 Å². The average molecular weight is 308 g/mol. The maximum atomic E-state index is 10.8. The number of aliphatic carboxylic acids is 2. The first-order valence-corrected chi connectivity index (χ1v) is 7.64. The van der Waals surface area contributed by atoms with E-state index in [0.29, 0.717) is 0 Å². The Kier molecular flexibility index (Phi) is 9.92. The molecule has 0 fully saturated rings. The van der Waals surface area contributed by atoms with Gasteiger partial charge in [0.2, 0.25) is 0 Å². The molecule has 0 heterocycles. The molecule has 0 atom stereocenters. The van der Waals surface area contributed by atoms with Gasteiger partial charge in [0.15, 0.2) is 5.92 Å². The Labute approximate surface area is 133 Å². The highest BCUT2D eigenvalue weighted by molar-refractivity contribution is 5.93. The Balaban J connectivity index is 4.23. The summed E-state index contributed by atoms with van der Waals surface area (Å²) in [6.45, 7) is 8.21. The van der Waals surface area contributed by atoms with Gasteiger partial charge in [0.1, 0.15) is 0 Å². The van der Waals surface area contributed by atoms with E-state index in [2.05, 4.69) is 32.9 Å². The number of carbonyl (C=O) groups is 2. The smallest absolute Gasteiger partial charge is 0.318 e. The summed E-state index contributed by atoms with van der Waals surface area (Å²) in [6, 6.07) is 0. The van der Waals surface area contributed by atoms with Crippen LogP contribution in [0.1, 0.15) is 59.8 Å². The maximum Gasteiger partial charge on any atom is 0.318 e. The third-order valence-corrected chi connectivity index (χ3v) is 3.42. The van der Waals surface area contributed by atoms with E-state index < -0.39 is 17.9 Å². The van der Waals surface area contributed by atoms with E-state index in [9.17, 15) is 9.59 Å². The van der Waals surface area contributed by atoms with Crippen molar-refractivity contribution in [2.45, 2.75) is 59.8 Å². The molecule has 0 aliphatic carbocycles. The molecule has 0 bridgehead atoms. The molecule has 0 aromatic carbocycles. The second-order valence-corrected chi connectivity index (χ2v) is 5.92. The van der Waals surface area contributed by atoms with Crippen LogP contribution in [-0.2, 0) is 9.59 Å². The normalized spacial score (nSPS) is 12.4. The van der Waals surface area contributed by atoms with E-state index in [1.807, 2.05) is 6.92 Å². The molecular weight excluding hydrogens is 280 g/mol. The molecular formula is C18H28O4. The van der Waals surface area contributed by atoms with Crippen LogP contribution in [0.3, 0.4) is 0 Å². The molecule has 22 heavy (non-hydrogen) atoms. The highest BCUT2D eigenvalue weighted by atomic mass is 16.4. The molecule has 124 valence electrons. The fraction of sp³-hybridized carbons (Fsp3) is 0.556. The predicted molar refractivity (Wildman–Crippen MR) is 88.8 cm³/mol. The van der Waals surface area contributed by atoms with E-state index in [4.69, 9.17) is 10.2 Å². The van der Waals surface area contributed by atoms with E-state index in [1.165, 1.54) is 11.1 Å². The van der Waals surface area contributed by atoms with Crippen LogP contribution in [0.4, 0.5) is 0 Å². The summed E-state index contributed by atoms with van der Waals surface area (Å²) < 4.78 is 0. The van der Waals surface area contributed by atoms with Crippen LogP contribution in [0.15, 0.2) is 34.9 Å². The van der Waals surface area contributed by atoms with Crippen molar-refractivity contribution in [3.05, 3.63) is 34.9 Å². The Morgan fingerprint density at radius 2 is 1.27 bits per heavy atom. The van der Waals surface area contributed by atoms with Gasteiger partial charge in [-0.25, -0.2) is 0 Å². The van der Waals surface area contributed by atoms with Crippen LogP contribution in [0.25, 0.3) is 0 Å². The molecule has 0 aliphatic rings. The number of carboxylic acid groups (broad SMARTS) is 2. The molecule has 0 amide bonds. The van der Waals surface area contributed by atoms with Gasteiger partial charge < -0.3 is 10.2 Å². The van der Waals surface area contributed by atoms with E-state index in [1.54, 1.807) is 6.08 Å². The van der Waals surface area contributed by atoms with Gasteiger partial charge in [-0.1, -0.05) is 34.9 Å². The number of rotatable bonds is 10. The zero-order valence-electron chi connectivity index (χ0n) is 14.1. The minimum Gasteiger partial charge on any atom is -0.481 e. The summed E-state index contributed by atoms with van der Waals surface area (Å²) in [5, 5.41) is 17.6. The molecule has 2 N–H and O–H groups in total. The van der Waals surface area contributed by atoms with E-state index in [-0.39, 0.29) is 6.42 Å². The quantitative estimate of drug-likeness (QED) is 0.457. The lowest BCUT2D eigenvalue weighted by molar-refractivity contribution is -0.154. The van der Waals surface area contributed by atoms with Gasteiger partial charge >= 0.3 is 11.9 Å². The standard InChI is InChI=1S/C18H28O4/c1-13(2)7-5-8-14(3)9-6-10-15(4)11-12-16(17(19)20)18(21)22/h7,9,11,16H,5-6,8,10,12H2,1-4H3,(H,19,20)(H,21,22)/b14-9+,15-11-. The summed E-state index contributed by atoms with van der Waals surface area (Å²) >= 11 is 0. The molecule has 0 aromatic rings. The summed E-state index contributed by atoms with van der Waals surface area (Å²) in [6.07, 6.45) is 10.0. The molecule has 0 rings (SSSR count). The highest BCUT2D eigenvalue weighted by Crippen LogP contribution is 2.14. The first-order chi connectivity index (χ1) is 10.2. The van der Waals surface area contributed by atoms with Crippen molar-refractivity contribution in [1.82, 2.24) is 0 Å². The second kappa shape index (κ2) is 10.8. The lowest BCUT2D eigenvalue weighted by Gasteiger charge is -2.05. The third-order valence-electron chi connectivity index (χ3n) is 3.42. The molecule has 0 saturated heterocycles. The van der Waals surface area contributed by atoms with Crippen LogP contribution in [-0.4, -0.2) is 22.2 Å². The predicted octanol–water partition coefficient (Wildman–Crippen LogP) is 4.58. The molecule has 0 aliphatic heterocycles. The Morgan fingerprint density at radius 3 is 1.73 bits per heavy atom. The Bertz CT molecular complexity index is 451. The SMILES string of the molecule is CC(C)=CCC/C(C)=C/CC/C(C)=C\CC(C(=O)O)C(=O)O. The first-order valence-electron chi connectivity index (χ1n) is 7.64. The van der Waals surface area contributed by atoms with Gasteiger partial charge in [-0.15, -0.1) is 0 Å². The van der Waals surface area contributed by atoms with Crippen LogP contribution < -0.4 is 0 Å². The number of hydrogen-bond acceptors (Lipinski definition) is 2. The first kappa shape index (κ1) is 20.2. The summed E-state index contributed by atoms with van der Waals surface area (Å²) in [4.78, 5) is 21.6. The Hall–Kier alpha value is -1.84. The zero-order valence-corrected chi connectivity index (χ0v) is 14.1. The minimum absolute atomic E-state index is 0.0414. The minimum atomic E-state index is -1.35. The van der Waals surface area contributed by atoms with Crippen LogP contribution in [0.5, 0.6) is 0 Å². The van der Waals surface area contributed by atoms with Gasteiger partial charge in [-0.05, 0) is 59.8 Å². The molecule has 0 spiro atoms. The van der Waals surface area contributed by atoms with Crippen molar-refractivity contribution >= 4 is 11.9 Å². The summed E-state index contributed by atoms with van der Waals surface area (Å²) in [5.41, 5.74) is 3.71. The van der Waals surface area contributed by atoms with Gasteiger partial charge in [-0.3, -0.25) is 9.59 Å². The van der Waals surface area contributed by atoms with Crippen molar-refractivity contribution in [3.63, 3.8) is 0 Å².